The van der Waals surface area contributed by atoms with Crippen molar-refractivity contribution in [3.63, 3.8) is 0 Å². The van der Waals surface area contributed by atoms with Crippen LogP contribution in [-0.2, 0) is 10.0 Å². The Morgan fingerprint density at radius 1 is 0.897 bits per heavy atom. The Kier molecular flexibility index (Phi) is 5.61. The van der Waals surface area contributed by atoms with Gasteiger partial charge in [-0.1, -0.05) is 18.2 Å². The molecule has 0 aromatic heterocycles. The van der Waals surface area contributed by atoms with E-state index in [2.05, 4.69) is 10.0 Å². The number of nitrogens with one attached hydrogen (secondary N) is 2. The van der Waals surface area contributed by atoms with Crippen LogP contribution >= 0.6 is 0 Å². The highest BCUT2D eigenvalue weighted by atomic mass is 32.2. The summed E-state index contributed by atoms with van der Waals surface area (Å²) >= 11 is 0. The largest absolute Gasteiger partial charge is 0.506 e. The van der Waals surface area contributed by atoms with Crippen molar-refractivity contribution in [3.8, 4) is 5.75 Å². The number of carbonyl (C=O) groups excluding carboxylic acids is 1. The first-order valence-electron chi connectivity index (χ1n) is 8.97. The van der Waals surface area contributed by atoms with Crippen molar-refractivity contribution in [1.29, 1.82) is 0 Å². The number of anilines is 2. The highest BCUT2D eigenvalue weighted by Gasteiger charge is 2.17. The van der Waals surface area contributed by atoms with Crippen molar-refractivity contribution >= 4 is 27.3 Å². The Labute approximate surface area is 170 Å². The normalized spacial score (nSPS) is 11.1. The number of phenols is 1. The Morgan fingerprint density at radius 2 is 1.59 bits per heavy atom. The van der Waals surface area contributed by atoms with Crippen molar-refractivity contribution < 1.29 is 18.3 Å². The number of sulfonamides is 1. The van der Waals surface area contributed by atoms with Crippen LogP contribution in [0.5, 0.6) is 5.75 Å². The summed E-state index contributed by atoms with van der Waals surface area (Å²) in [6, 6.07) is 15.9. The zero-order chi connectivity index (χ0) is 21.2. The number of benzene rings is 3. The molecule has 3 rings (SSSR count). The summed E-state index contributed by atoms with van der Waals surface area (Å²) in [5.41, 5.74) is 3.78. The molecule has 0 atom stereocenters. The second-order valence-electron chi connectivity index (χ2n) is 6.85. The van der Waals surface area contributed by atoms with E-state index in [-0.39, 0.29) is 21.9 Å². The van der Waals surface area contributed by atoms with Gasteiger partial charge in [-0.3, -0.25) is 9.52 Å². The molecule has 0 saturated carbocycles. The van der Waals surface area contributed by atoms with Crippen LogP contribution in [-0.4, -0.2) is 19.4 Å². The van der Waals surface area contributed by atoms with Crippen LogP contribution in [0.25, 0.3) is 0 Å². The van der Waals surface area contributed by atoms with Gasteiger partial charge in [-0.05, 0) is 79.9 Å². The maximum atomic E-state index is 12.7. The molecule has 0 aliphatic heterocycles. The van der Waals surface area contributed by atoms with Crippen LogP contribution in [0.4, 0.5) is 11.4 Å². The molecule has 0 heterocycles. The highest BCUT2D eigenvalue weighted by Crippen LogP contribution is 2.25. The number of hydrogen-bond donors (Lipinski definition) is 3. The molecule has 3 aromatic carbocycles. The number of hydrogen-bond acceptors (Lipinski definition) is 4. The molecule has 0 radical (unpaired) electrons. The smallest absolute Gasteiger partial charge is 0.261 e. The van der Waals surface area contributed by atoms with Crippen LogP contribution in [0.3, 0.4) is 0 Å². The van der Waals surface area contributed by atoms with Crippen LogP contribution in [0.1, 0.15) is 27.0 Å². The standard InChI is InChI=1S/C22H22N2O4S/c1-14-7-12-20(21(25)13-14)23-22(26)17-8-10-18(11-9-17)29(27,28)24-19-6-4-5-15(2)16(19)3/h4-13,24-25H,1-3H3,(H,23,26). The van der Waals surface area contributed by atoms with E-state index < -0.39 is 15.9 Å². The molecule has 6 nitrogen and oxygen atoms in total. The van der Waals surface area contributed by atoms with Crippen LogP contribution in [0.15, 0.2) is 65.6 Å². The predicted octanol–water partition coefficient (Wildman–Crippen LogP) is 4.37. The van der Waals surface area contributed by atoms with Crippen LogP contribution in [0.2, 0.25) is 0 Å². The molecule has 0 bridgehead atoms. The Balaban J connectivity index is 1.78. The fourth-order valence-corrected chi connectivity index (χ4v) is 3.92. The first-order valence-corrected chi connectivity index (χ1v) is 10.5. The Hall–Kier alpha value is -3.32. The van der Waals surface area contributed by atoms with Gasteiger partial charge in [0.25, 0.3) is 15.9 Å². The maximum absolute atomic E-state index is 12.7. The molecule has 29 heavy (non-hydrogen) atoms. The van der Waals surface area contributed by atoms with E-state index in [0.717, 1.165) is 16.7 Å². The fourth-order valence-electron chi connectivity index (χ4n) is 2.79. The molecule has 0 aliphatic rings. The van der Waals surface area contributed by atoms with Crippen LogP contribution < -0.4 is 10.0 Å². The Morgan fingerprint density at radius 3 is 2.24 bits per heavy atom. The lowest BCUT2D eigenvalue weighted by molar-refractivity contribution is 0.102. The predicted molar refractivity (Wildman–Crippen MR) is 114 cm³/mol. The number of aromatic hydroxyl groups is 1. The average Bonchev–Trinajstić information content (AvgIpc) is 2.67. The summed E-state index contributed by atoms with van der Waals surface area (Å²) in [7, 11) is -3.79. The van der Waals surface area contributed by atoms with E-state index in [0.29, 0.717) is 5.69 Å². The molecule has 3 aromatic rings. The lowest BCUT2D eigenvalue weighted by Crippen LogP contribution is -2.15. The monoisotopic (exact) mass is 410 g/mol. The number of amides is 1. The minimum atomic E-state index is -3.79. The van der Waals surface area contributed by atoms with Gasteiger partial charge in [-0.2, -0.15) is 0 Å². The molecule has 3 N–H and O–H groups in total. The molecule has 0 spiro atoms. The number of rotatable bonds is 5. The van der Waals surface area contributed by atoms with Crippen molar-refractivity contribution in [1.82, 2.24) is 0 Å². The van der Waals surface area contributed by atoms with Gasteiger partial charge in [0.15, 0.2) is 0 Å². The first-order chi connectivity index (χ1) is 13.7. The van der Waals surface area contributed by atoms with Gasteiger partial charge in [0.2, 0.25) is 0 Å². The average molecular weight is 410 g/mol. The number of phenolic OH excluding ortho intramolecular Hbond substituents is 1. The number of aryl methyl sites for hydroxylation is 2. The minimum Gasteiger partial charge on any atom is -0.506 e. The third kappa shape index (κ3) is 4.57. The third-order valence-corrected chi connectivity index (χ3v) is 6.06. The van der Waals surface area contributed by atoms with E-state index in [4.69, 9.17) is 0 Å². The van der Waals surface area contributed by atoms with Crippen LogP contribution in [0, 0.1) is 20.8 Å². The van der Waals surface area contributed by atoms with Crippen molar-refractivity contribution in [2.45, 2.75) is 25.7 Å². The first kappa shape index (κ1) is 20.4. The fraction of sp³-hybridized carbons (Fsp3) is 0.136. The van der Waals surface area contributed by atoms with Gasteiger partial charge in [0.1, 0.15) is 5.75 Å². The van der Waals surface area contributed by atoms with Gasteiger partial charge < -0.3 is 10.4 Å². The number of carbonyl (C=O) groups is 1. The highest BCUT2D eigenvalue weighted by molar-refractivity contribution is 7.92. The van der Waals surface area contributed by atoms with E-state index in [1.807, 2.05) is 26.8 Å². The summed E-state index contributed by atoms with van der Waals surface area (Å²) in [6.45, 7) is 5.59. The zero-order valence-electron chi connectivity index (χ0n) is 16.4. The molecule has 7 heteroatoms. The molecule has 0 aliphatic carbocycles. The van der Waals surface area contributed by atoms with Gasteiger partial charge in [0.05, 0.1) is 16.3 Å². The van der Waals surface area contributed by atoms with E-state index >= 15 is 0 Å². The Bertz CT molecular complexity index is 1170. The SMILES string of the molecule is Cc1ccc(NC(=O)c2ccc(S(=O)(=O)Nc3cccc(C)c3C)cc2)c(O)c1. The molecule has 1 amide bonds. The summed E-state index contributed by atoms with van der Waals surface area (Å²) in [4.78, 5) is 12.4. The summed E-state index contributed by atoms with van der Waals surface area (Å²) in [5, 5.41) is 12.5. The van der Waals surface area contributed by atoms with E-state index in [1.165, 1.54) is 24.3 Å². The summed E-state index contributed by atoms with van der Waals surface area (Å²) in [6.07, 6.45) is 0. The minimum absolute atomic E-state index is 0.0322. The molecule has 0 saturated heterocycles. The molecular weight excluding hydrogens is 388 g/mol. The maximum Gasteiger partial charge on any atom is 0.261 e. The lowest BCUT2D eigenvalue weighted by atomic mass is 10.1. The van der Waals surface area contributed by atoms with E-state index in [1.54, 1.807) is 30.3 Å². The molecule has 0 unspecified atom stereocenters. The molecule has 150 valence electrons. The van der Waals surface area contributed by atoms with Gasteiger partial charge >= 0.3 is 0 Å². The zero-order valence-corrected chi connectivity index (χ0v) is 17.2. The van der Waals surface area contributed by atoms with E-state index in [9.17, 15) is 18.3 Å². The van der Waals surface area contributed by atoms with Gasteiger partial charge in [0, 0.05) is 5.56 Å². The van der Waals surface area contributed by atoms with Crippen molar-refractivity contribution in [2.24, 2.45) is 0 Å². The third-order valence-electron chi connectivity index (χ3n) is 4.68. The topological polar surface area (TPSA) is 95.5 Å². The summed E-state index contributed by atoms with van der Waals surface area (Å²) < 4.78 is 27.9. The quantitative estimate of drug-likeness (QED) is 0.544. The van der Waals surface area contributed by atoms with Gasteiger partial charge in [-0.15, -0.1) is 0 Å². The van der Waals surface area contributed by atoms with Gasteiger partial charge in [-0.25, -0.2) is 8.42 Å². The summed E-state index contributed by atoms with van der Waals surface area (Å²) in [5.74, 6) is -0.481. The second-order valence-corrected chi connectivity index (χ2v) is 8.53. The second kappa shape index (κ2) is 7.97. The van der Waals surface area contributed by atoms with Crippen molar-refractivity contribution in [3.05, 3.63) is 82.9 Å². The molecule has 0 fully saturated rings. The van der Waals surface area contributed by atoms with Crippen molar-refractivity contribution in [2.75, 3.05) is 10.0 Å². The molecular formula is C22H22N2O4S. The lowest BCUT2D eigenvalue weighted by Gasteiger charge is -2.12.